The third kappa shape index (κ3) is 3.09. The maximum Gasteiger partial charge on any atom is 0.389 e. The van der Waals surface area contributed by atoms with E-state index in [1.165, 1.54) is 12.1 Å². The van der Waals surface area contributed by atoms with Gasteiger partial charge >= 0.3 is 12.1 Å². The molecule has 2 rings (SSSR count). The van der Waals surface area contributed by atoms with Crippen LogP contribution in [0.1, 0.15) is 29.0 Å². The molecule has 1 aromatic heterocycles. The molecule has 1 aromatic carbocycles. The first-order valence-corrected chi connectivity index (χ1v) is 6.05. The van der Waals surface area contributed by atoms with Crippen molar-refractivity contribution in [2.75, 3.05) is 0 Å². The highest BCUT2D eigenvalue weighted by Gasteiger charge is 2.26. The zero-order valence-corrected chi connectivity index (χ0v) is 10.7. The van der Waals surface area contributed by atoms with Crippen LogP contribution in [0.2, 0.25) is 0 Å². The molecule has 0 aliphatic rings. The summed E-state index contributed by atoms with van der Waals surface area (Å²) in [4.78, 5) is 15.1. The Labute approximate surface area is 112 Å². The third-order valence-electron chi connectivity index (χ3n) is 3.03. The van der Waals surface area contributed by atoms with Crippen LogP contribution >= 0.6 is 0 Å². The number of fused-ring (bicyclic) bond motifs is 1. The zero-order valence-electron chi connectivity index (χ0n) is 10.7. The molecule has 1 heterocycles. The fraction of sp³-hybridized carbons (Fsp3) is 0.385. The Morgan fingerprint density at radius 1 is 1.40 bits per heavy atom. The Bertz CT molecular complexity index is 647. The number of carboxylic acid groups (broad SMARTS) is 1. The second-order valence-corrected chi connectivity index (χ2v) is 4.54. The van der Waals surface area contributed by atoms with Crippen LogP contribution < -0.4 is 0 Å². The summed E-state index contributed by atoms with van der Waals surface area (Å²) >= 11 is 0. The Hall–Kier alpha value is -2.05. The van der Waals surface area contributed by atoms with E-state index in [1.807, 2.05) is 0 Å². The third-order valence-corrected chi connectivity index (χ3v) is 3.03. The number of hydrogen-bond donors (Lipinski definition) is 1. The van der Waals surface area contributed by atoms with Gasteiger partial charge in [-0.2, -0.15) is 13.2 Å². The van der Waals surface area contributed by atoms with Gasteiger partial charge < -0.3 is 9.67 Å². The number of rotatable bonds is 4. The van der Waals surface area contributed by atoms with Gasteiger partial charge in [0.1, 0.15) is 5.82 Å². The molecule has 0 atom stereocenters. The molecule has 0 aliphatic heterocycles. The molecule has 0 saturated carbocycles. The Morgan fingerprint density at radius 2 is 2.10 bits per heavy atom. The molecule has 0 radical (unpaired) electrons. The van der Waals surface area contributed by atoms with Gasteiger partial charge in [-0.3, -0.25) is 0 Å². The number of carbonyl (C=O) groups is 1. The molecule has 2 aromatic rings. The van der Waals surface area contributed by atoms with E-state index in [1.54, 1.807) is 17.6 Å². The van der Waals surface area contributed by atoms with Gasteiger partial charge in [0.25, 0.3) is 0 Å². The summed E-state index contributed by atoms with van der Waals surface area (Å²) in [6, 6.07) is 4.43. The molecule has 0 aliphatic carbocycles. The molecule has 7 heteroatoms. The van der Waals surface area contributed by atoms with E-state index in [0.717, 1.165) is 0 Å². The van der Waals surface area contributed by atoms with Crippen molar-refractivity contribution in [2.45, 2.75) is 32.5 Å². The lowest BCUT2D eigenvalue weighted by atomic mass is 10.2. The summed E-state index contributed by atoms with van der Waals surface area (Å²) in [6.45, 7) is 1.85. The van der Waals surface area contributed by atoms with Gasteiger partial charge in [0.05, 0.1) is 16.6 Å². The van der Waals surface area contributed by atoms with Crippen LogP contribution in [0.15, 0.2) is 18.2 Å². The number of alkyl halides is 3. The van der Waals surface area contributed by atoms with Crippen LogP contribution in [-0.4, -0.2) is 26.8 Å². The first-order valence-electron chi connectivity index (χ1n) is 6.05. The van der Waals surface area contributed by atoms with Crippen LogP contribution in [0.4, 0.5) is 13.2 Å². The number of hydrogen-bond acceptors (Lipinski definition) is 2. The van der Waals surface area contributed by atoms with E-state index in [4.69, 9.17) is 5.11 Å². The summed E-state index contributed by atoms with van der Waals surface area (Å²) in [7, 11) is 0. The number of aromatic nitrogens is 2. The molecular formula is C13H13F3N2O2. The fourth-order valence-electron chi connectivity index (χ4n) is 2.10. The van der Waals surface area contributed by atoms with Crippen molar-refractivity contribution in [1.29, 1.82) is 0 Å². The number of imidazole rings is 1. The van der Waals surface area contributed by atoms with Gasteiger partial charge in [-0.25, -0.2) is 9.78 Å². The van der Waals surface area contributed by atoms with E-state index in [2.05, 4.69) is 4.98 Å². The predicted molar refractivity (Wildman–Crippen MR) is 66.7 cm³/mol. The minimum Gasteiger partial charge on any atom is -0.478 e. The van der Waals surface area contributed by atoms with E-state index >= 15 is 0 Å². The molecule has 0 saturated heterocycles. The summed E-state index contributed by atoms with van der Waals surface area (Å²) in [6.07, 6.45) is -5.12. The summed E-state index contributed by atoms with van der Waals surface area (Å²) in [5.74, 6) is -0.502. The Kier molecular flexibility index (Phi) is 3.69. The minimum atomic E-state index is -4.18. The van der Waals surface area contributed by atoms with E-state index in [0.29, 0.717) is 16.9 Å². The van der Waals surface area contributed by atoms with Crippen molar-refractivity contribution in [3.63, 3.8) is 0 Å². The van der Waals surface area contributed by atoms with Crippen LogP contribution in [0.3, 0.4) is 0 Å². The van der Waals surface area contributed by atoms with E-state index < -0.39 is 18.6 Å². The normalized spacial score (nSPS) is 12.0. The molecule has 0 fully saturated rings. The van der Waals surface area contributed by atoms with Gasteiger partial charge in [-0.05, 0) is 31.5 Å². The number of benzene rings is 1. The first-order chi connectivity index (χ1) is 9.28. The van der Waals surface area contributed by atoms with Crippen LogP contribution in [0, 0.1) is 6.92 Å². The number of aromatic carboxylic acids is 1. The van der Waals surface area contributed by atoms with Crippen LogP contribution in [-0.2, 0) is 6.54 Å². The lowest BCUT2D eigenvalue weighted by Gasteiger charge is -2.09. The van der Waals surface area contributed by atoms with Crippen LogP contribution in [0.25, 0.3) is 11.0 Å². The molecule has 0 bridgehead atoms. The van der Waals surface area contributed by atoms with Gasteiger partial charge in [-0.15, -0.1) is 0 Å². The Balaban J connectivity index is 2.29. The molecule has 20 heavy (non-hydrogen) atoms. The van der Waals surface area contributed by atoms with Crippen molar-refractivity contribution >= 4 is 17.0 Å². The molecule has 0 spiro atoms. The zero-order chi connectivity index (χ0) is 14.9. The average Bonchev–Trinajstić information content (AvgIpc) is 2.63. The highest BCUT2D eigenvalue weighted by atomic mass is 19.4. The fourth-order valence-corrected chi connectivity index (χ4v) is 2.10. The highest BCUT2D eigenvalue weighted by molar-refractivity contribution is 5.92. The number of carboxylic acids is 1. The largest absolute Gasteiger partial charge is 0.478 e. The molecule has 4 nitrogen and oxygen atoms in total. The van der Waals surface area contributed by atoms with Crippen molar-refractivity contribution < 1.29 is 23.1 Å². The minimum absolute atomic E-state index is 0.0624. The van der Waals surface area contributed by atoms with Gasteiger partial charge in [0, 0.05) is 13.0 Å². The predicted octanol–water partition coefficient (Wildman–Crippen LogP) is 3.39. The monoisotopic (exact) mass is 286 g/mol. The maximum atomic E-state index is 12.2. The van der Waals surface area contributed by atoms with Gasteiger partial charge in [-0.1, -0.05) is 0 Å². The van der Waals surface area contributed by atoms with E-state index in [9.17, 15) is 18.0 Å². The standard InChI is InChI=1S/C13H13F3N2O2/c1-8-17-10-4-3-9(12(19)20)7-11(10)18(8)6-2-5-13(14,15)16/h3-4,7H,2,5-6H2,1H3,(H,19,20). The maximum absolute atomic E-state index is 12.2. The Morgan fingerprint density at radius 3 is 2.70 bits per heavy atom. The second kappa shape index (κ2) is 5.15. The van der Waals surface area contributed by atoms with Crippen molar-refractivity contribution in [3.8, 4) is 0 Å². The lowest BCUT2D eigenvalue weighted by molar-refractivity contribution is -0.135. The topological polar surface area (TPSA) is 55.1 Å². The molecular weight excluding hydrogens is 273 g/mol. The number of aryl methyl sites for hydroxylation is 2. The van der Waals surface area contributed by atoms with Crippen molar-refractivity contribution in [3.05, 3.63) is 29.6 Å². The molecule has 0 unspecified atom stereocenters. The second-order valence-electron chi connectivity index (χ2n) is 4.54. The SMILES string of the molecule is Cc1nc2ccc(C(=O)O)cc2n1CCCC(F)(F)F. The molecule has 0 amide bonds. The van der Waals surface area contributed by atoms with Crippen molar-refractivity contribution in [2.24, 2.45) is 0 Å². The molecule has 108 valence electrons. The summed E-state index contributed by atoms with van der Waals surface area (Å²) in [5, 5.41) is 8.95. The highest BCUT2D eigenvalue weighted by Crippen LogP contribution is 2.23. The summed E-state index contributed by atoms with van der Waals surface area (Å²) in [5.41, 5.74) is 1.22. The quantitative estimate of drug-likeness (QED) is 0.937. The number of halogens is 3. The van der Waals surface area contributed by atoms with Gasteiger partial charge in [0.2, 0.25) is 0 Å². The van der Waals surface area contributed by atoms with Gasteiger partial charge in [0.15, 0.2) is 0 Å². The number of nitrogens with zero attached hydrogens (tertiary/aromatic N) is 2. The van der Waals surface area contributed by atoms with E-state index in [-0.39, 0.29) is 18.5 Å². The van der Waals surface area contributed by atoms with Crippen molar-refractivity contribution in [1.82, 2.24) is 9.55 Å². The summed E-state index contributed by atoms with van der Waals surface area (Å²) < 4.78 is 38.1. The lowest BCUT2D eigenvalue weighted by Crippen LogP contribution is -2.10. The molecule has 1 N–H and O–H groups in total. The first kappa shape index (κ1) is 14.4. The average molecular weight is 286 g/mol. The van der Waals surface area contributed by atoms with Crippen LogP contribution in [0.5, 0.6) is 0 Å². The smallest absolute Gasteiger partial charge is 0.389 e.